The average Bonchev–Trinajstić information content (AvgIpc) is 3.10. The van der Waals surface area contributed by atoms with E-state index in [9.17, 15) is 18.3 Å². The van der Waals surface area contributed by atoms with Crippen molar-refractivity contribution in [1.29, 1.82) is 0 Å². The molecule has 2 aromatic rings. The number of aromatic hydroxyl groups is 1. The number of benzene rings is 1. The second-order valence-electron chi connectivity index (χ2n) is 4.91. The Labute approximate surface area is 127 Å². The third-order valence-corrected chi connectivity index (χ3v) is 5.27. The standard InChI is InChI=1S/C14H14N2O5S/c17-13-3-2-11(16-5-1-7-22(16,19)20)8-12(13)15-14(18)10-4-6-21-9-10/h2-4,6,8-9,17H,1,5,7H2,(H,15,18). The maximum absolute atomic E-state index is 12.0. The summed E-state index contributed by atoms with van der Waals surface area (Å²) in [5.41, 5.74) is 0.863. The number of phenolic OH excluding ortho intramolecular Hbond substituents is 1. The molecule has 0 unspecified atom stereocenters. The molecule has 1 aromatic carbocycles. The molecule has 1 aromatic heterocycles. The zero-order chi connectivity index (χ0) is 15.7. The van der Waals surface area contributed by atoms with Crippen molar-refractivity contribution in [3.8, 4) is 5.75 Å². The first-order valence-corrected chi connectivity index (χ1v) is 8.25. The summed E-state index contributed by atoms with van der Waals surface area (Å²) in [7, 11) is -3.32. The maximum Gasteiger partial charge on any atom is 0.259 e. The van der Waals surface area contributed by atoms with Crippen molar-refractivity contribution in [1.82, 2.24) is 0 Å². The lowest BCUT2D eigenvalue weighted by molar-refractivity contribution is 0.102. The first-order chi connectivity index (χ1) is 10.5. The molecule has 116 valence electrons. The first-order valence-electron chi connectivity index (χ1n) is 6.64. The van der Waals surface area contributed by atoms with Crippen LogP contribution < -0.4 is 9.62 Å². The topological polar surface area (TPSA) is 99.9 Å². The van der Waals surface area contributed by atoms with Crippen LogP contribution in [0, 0.1) is 0 Å². The Hall–Kier alpha value is -2.48. The van der Waals surface area contributed by atoms with E-state index in [1.54, 1.807) is 0 Å². The number of amides is 1. The van der Waals surface area contributed by atoms with Gasteiger partial charge in [0.05, 0.1) is 29.0 Å². The van der Waals surface area contributed by atoms with Gasteiger partial charge in [-0.3, -0.25) is 9.10 Å². The number of phenols is 1. The van der Waals surface area contributed by atoms with Gasteiger partial charge in [-0.25, -0.2) is 8.42 Å². The van der Waals surface area contributed by atoms with Crippen LogP contribution in [0.4, 0.5) is 11.4 Å². The number of hydrogen-bond donors (Lipinski definition) is 2. The van der Waals surface area contributed by atoms with Crippen LogP contribution in [0.5, 0.6) is 5.75 Å². The zero-order valence-electron chi connectivity index (χ0n) is 11.5. The van der Waals surface area contributed by atoms with Gasteiger partial charge < -0.3 is 14.8 Å². The number of anilines is 2. The summed E-state index contributed by atoms with van der Waals surface area (Å²) >= 11 is 0. The second-order valence-corrected chi connectivity index (χ2v) is 6.92. The highest BCUT2D eigenvalue weighted by atomic mass is 32.2. The molecule has 1 amide bonds. The van der Waals surface area contributed by atoms with Gasteiger partial charge in [0.25, 0.3) is 5.91 Å². The molecule has 1 saturated heterocycles. The van der Waals surface area contributed by atoms with Crippen LogP contribution in [0.3, 0.4) is 0 Å². The number of rotatable bonds is 3. The van der Waals surface area contributed by atoms with Crippen LogP contribution >= 0.6 is 0 Å². The predicted molar refractivity (Wildman–Crippen MR) is 80.5 cm³/mol. The minimum atomic E-state index is -3.32. The largest absolute Gasteiger partial charge is 0.506 e. The fraction of sp³-hybridized carbons (Fsp3) is 0.214. The molecule has 0 atom stereocenters. The summed E-state index contributed by atoms with van der Waals surface area (Å²) in [4.78, 5) is 12.0. The summed E-state index contributed by atoms with van der Waals surface area (Å²) < 4.78 is 30.0. The lowest BCUT2D eigenvalue weighted by Crippen LogP contribution is -2.25. The SMILES string of the molecule is O=C(Nc1cc(N2CCCS2(=O)=O)ccc1O)c1ccoc1. The summed E-state index contributed by atoms with van der Waals surface area (Å²) in [5, 5.41) is 12.4. The predicted octanol–water partition coefficient (Wildman–Crippen LogP) is 1.78. The van der Waals surface area contributed by atoms with Crippen molar-refractivity contribution in [3.63, 3.8) is 0 Å². The Balaban J connectivity index is 1.89. The lowest BCUT2D eigenvalue weighted by atomic mass is 10.2. The Kier molecular flexibility index (Phi) is 3.53. The van der Waals surface area contributed by atoms with Crippen molar-refractivity contribution in [3.05, 3.63) is 42.4 Å². The molecular formula is C14H14N2O5S. The van der Waals surface area contributed by atoms with E-state index in [0.29, 0.717) is 24.2 Å². The van der Waals surface area contributed by atoms with Crippen LogP contribution in [0.1, 0.15) is 16.8 Å². The summed E-state index contributed by atoms with van der Waals surface area (Å²) in [6.45, 7) is 0.391. The van der Waals surface area contributed by atoms with Gasteiger partial charge >= 0.3 is 0 Å². The molecule has 0 radical (unpaired) electrons. The van der Waals surface area contributed by atoms with Gasteiger partial charge in [-0.05, 0) is 30.7 Å². The Bertz CT molecular complexity index is 799. The normalized spacial score (nSPS) is 16.6. The highest BCUT2D eigenvalue weighted by Crippen LogP contribution is 2.32. The van der Waals surface area contributed by atoms with Crippen molar-refractivity contribution in [2.45, 2.75) is 6.42 Å². The highest BCUT2D eigenvalue weighted by molar-refractivity contribution is 7.93. The van der Waals surface area contributed by atoms with Crippen LogP contribution in [0.15, 0.2) is 41.2 Å². The molecule has 7 nitrogen and oxygen atoms in total. The fourth-order valence-electron chi connectivity index (χ4n) is 2.30. The van der Waals surface area contributed by atoms with E-state index in [1.807, 2.05) is 0 Å². The number of carbonyl (C=O) groups is 1. The molecule has 1 aliphatic rings. The van der Waals surface area contributed by atoms with Crippen molar-refractivity contribution in [2.24, 2.45) is 0 Å². The second kappa shape index (κ2) is 5.38. The van der Waals surface area contributed by atoms with Crippen molar-refractivity contribution < 1.29 is 22.7 Å². The van der Waals surface area contributed by atoms with Crippen molar-refractivity contribution in [2.75, 3.05) is 21.9 Å². The molecule has 0 aliphatic carbocycles. The van der Waals surface area contributed by atoms with E-state index in [1.165, 1.54) is 41.1 Å². The Morgan fingerprint density at radius 2 is 2.14 bits per heavy atom. The van der Waals surface area contributed by atoms with Crippen molar-refractivity contribution >= 4 is 27.3 Å². The van der Waals surface area contributed by atoms with Gasteiger partial charge in [0.2, 0.25) is 10.0 Å². The van der Waals surface area contributed by atoms with Crippen LogP contribution in [0.25, 0.3) is 0 Å². The van der Waals surface area contributed by atoms with Gasteiger partial charge in [0.15, 0.2) is 0 Å². The number of furan rings is 1. The molecular weight excluding hydrogens is 308 g/mol. The number of sulfonamides is 1. The van der Waals surface area contributed by atoms with Gasteiger partial charge in [0.1, 0.15) is 12.0 Å². The summed E-state index contributed by atoms with van der Waals surface area (Å²) in [5.74, 6) is -0.493. The molecule has 0 bridgehead atoms. The van der Waals surface area contributed by atoms with Crippen LogP contribution in [-0.4, -0.2) is 31.7 Å². The summed E-state index contributed by atoms with van der Waals surface area (Å²) in [6.07, 6.45) is 3.20. The van der Waals surface area contributed by atoms with Gasteiger partial charge in [0, 0.05) is 6.54 Å². The zero-order valence-corrected chi connectivity index (χ0v) is 12.3. The molecule has 1 aliphatic heterocycles. The highest BCUT2D eigenvalue weighted by Gasteiger charge is 2.28. The number of nitrogens with zero attached hydrogens (tertiary/aromatic N) is 1. The first kappa shape index (κ1) is 14.5. The van der Waals surface area contributed by atoms with Gasteiger partial charge in [-0.2, -0.15) is 0 Å². The average molecular weight is 322 g/mol. The van der Waals surface area contributed by atoms with Gasteiger partial charge in [-0.15, -0.1) is 0 Å². The van der Waals surface area contributed by atoms with Crippen LogP contribution in [-0.2, 0) is 10.0 Å². The minimum absolute atomic E-state index is 0.102. The smallest absolute Gasteiger partial charge is 0.259 e. The fourth-order valence-corrected chi connectivity index (χ4v) is 3.85. The molecule has 1 fully saturated rings. The molecule has 22 heavy (non-hydrogen) atoms. The molecule has 8 heteroatoms. The van der Waals surface area contributed by atoms with E-state index in [2.05, 4.69) is 5.32 Å². The minimum Gasteiger partial charge on any atom is -0.506 e. The number of nitrogens with one attached hydrogen (secondary N) is 1. The third-order valence-electron chi connectivity index (χ3n) is 3.40. The monoisotopic (exact) mass is 322 g/mol. The molecule has 2 heterocycles. The number of carbonyl (C=O) groups excluding carboxylic acids is 1. The Morgan fingerprint density at radius 1 is 1.32 bits per heavy atom. The summed E-state index contributed by atoms with van der Waals surface area (Å²) in [6, 6.07) is 5.79. The lowest BCUT2D eigenvalue weighted by Gasteiger charge is -2.18. The van der Waals surface area contributed by atoms with E-state index < -0.39 is 15.9 Å². The van der Waals surface area contributed by atoms with E-state index in [0.717, 1.165) is 0 Å². The van der Waals surface area contributed by atoms with E-state index in [4.69, 9.17) is 4.42 Å². The quantitative estimate of drug-likeness (QED) is 0.839. The van der Waals surface area contributed by atoms with E-state index >= 15 is 0 Å². The number of hydrogen-bond acceptors (Lipinski definition) is 5. The maximum atomic E-state index is 12.0. The molecule has 0 saturated carbocycles. The van der Waals surface area contributed by atoms with E-state index in [-0.39, 0.29) is 17.2 Å². The third kappa shape index (κ3) is 2.64. The molecule has 2 N–H and O–H groups in total. The molecule has 3 rings (SSSR count). The molecule has 0 spiro atoms. The Morgan fingerprint density at radius 3 is 2.77 bits per heavy atom. The van der Waals surface area contributed by atoms with Crippen LogP contribution in [0.2, 0.25) is 0 Å². The van der Waals surface area contributed by atoms with Gasteiger partial charge in [-0.1, -0.05) is 0 Å².